The van der Waals surface area contributed by atoms with Crippen LogP contribution in [-0.4, -0.2) is 16.3 Å². The first kappa shape index (κ1) is 13.9. The first-order valence-electron chi connectivity index (χ1n) is 6.29. The van der Waals surface area contributed by atoms with E-state index in [4.69, 9.17) is 0 Å². The number of phenols is 1. The molecule has 2 N–H and O–H groups in total. The predicted molar refractivity (Wildman–Crippen MR) is 81.9 cm³/mol. The van der Waals surface area contributed by atoms with Crippen LogP contribution in [0.2, 0.25) is 0 Å². The molecule has 2 rings (SSSR count). The van der Waals surface area contributed by atoms with Crippen molar-refractivity contribution in [2.45, 2.75) is 19.3 Å². The van der Waals surface area contributed by atoms with Gasteiger partial charge in [-0.15, -0.1) is 0 Å². The number of carbonyl (C=O) groups is 1. The van der Waals surface area contributed by atoms with Crippen LogP contribution in [0, 0.1) is 0 Å². The van der Waals surface area contributed by atoms with Crippen molar-refractivity contribution in [3.63, 3.8) is 0 Å². The number of alkyl halides is 1. The molecule has 0 bridgehead atoms. The van der Waals surface area contributed by atoms with Crippen LogP contribution >= 0.6 is 15.9 Å². The van der Waals surface area contributed by atoms with Crippen molar-refractivity contribution < 1.29 is 9.90 Å². The Morgan fingerprint density at radius 1 is 1.11 bits per heavy atom. The monoisotopic (exact) mass is 321 g/mol. The van der Waals surface area contributed by atoms with E-state index in [2.05, 4.69) is 21.2 Å². The minimum absolute atomic E-state index is 0.0109. The second-order valence-corrected chi connectivity index (χ2v) is 5.17. The number of hydrogen-bond donors (Lipinski definition) is 2. The predicted octanol–water partition coefficient (Wildman–Crippen LogP) is 4.05. The third kappa shape index (κ3) is 3.47. The molecule has 0 spiro atoms. The highest BCUT2D eigenvalue weighted by Gasteiger charge is 2.07. The Morgan fingerprint density at radius 3 is 2.63 bits per heavy atom. The molecule has 0 saturated carbocycles. The summed E-state index contributed by atoms with van der Waals surface area (Å²) in [5.74, 6) is 0.240. The summed E-state index contributed by atoms with van der Waals surface area (Å²) in [7, 11) is 0. The smallest absolute Gasteiger partial charge is 0.224 e. The molecule has 3 nitrogen and oxygen atoms in total. The van der Waals surface area contributed by atoms with Crippen LogP contribution < -0.4 is 5.32 Å². The Kier molecular flexibility index (Phi) is 4.80. The number of nitrogens with one attached hydrogen (secondary N) is 1. The molecular formula is C15H16BrNO2. The van der Waals surface area contributed by atoms with Crippen molar-refractivity contribution in [3.05, 3.63) is 36.4 Å². The van der Waals surface area contributed by atoms with Gasteiger partial charge in [-0.05, 0) is 25.0 Å². The van der Waals surface area contributed by atoms with Gasteiger partial charge in [0.2, 0.25) is 5.91 Å². The van der Waals surface area contributed by atoms with E-state index in [0.29, 0.717) is 6.42 Å². The zero-order valence-corrected chi connectivity index (χ0v) is 12.1. The lowest BCUT2D eigenvalue weighted by Crippen LogP contribution is -2.11. The summed E-state index contributed by atoms with van der Waals surface area (Å²) >= 11 is 3.35. The summed E-state index contributed by atoms with van der Waals surface area (Å²) in [5.41, 5.74) is 0.747. The van der Waals surface area contributed by atoms with Gasteiger partial charge in [-0.2, -0.15) is 0 Å². The van der Waals surface area contributed by atoms with E-state index < -0.39 is 0 Å². The van der Waals surface area contributed by atoms with Crippen molar-refractivity contribution in [3.8, 4) is 5.75 Å². The topological polar surface area (TPSA) is 49.3 Å². The number of anilines is 1. The van der Waals surface area contributed by atoms with E-state index in [9.17, 15) is 9.90 Å². The van der Waals surface area contributed by atoms with Gasteiger partial charge < -0.3 is 10.4 Å². The molecule has 0 aliphatic rings. The molecule has 0 aromatic heterocycles. The van der Waals surface area contributed by atoms with Crippen LogP contribution in [0.1, 0.15) is 19.3 Å². The van der Waals surface area contributed by atoms with Crippen molar-refractivity contribution in [1.29, 1.82) is 0 Å². The Bertz CT molecular complexity index is 583. The van der Waals surface area contributed by atoms with E-state index in [1.165, 1.54) is 0 Å². The van der Waals surface area contributed by atoms with Gasteiger partial charge in [-0.3, -0.25) is 4.79 Å². The molecule has 2 aromatic rings. The molecule has 19 heavy (non-hydrogen) atoms. The number of rotatable bonds is 5. The molecule has 0 heterocycles. The molecule has 0 radical (unpaired) electrons. The first-order valence-corrected chi connectivity index (χ1v) is 7.41. The van der Waals surface area contributed by atoms with E-state index in [1.54, 1.807) is 12.1 Å². The lowest BCUT2D eigenvalue weighted by atomic mass is 10.1. The number of aromatic hydroxyl groups is 1. The third-order valence-electron chi connectivity index (χ3n) is 2.96. The van der Waals surface area contributed by atoms with Gasteiger partial charge in [-0.25, -0.2) is 0 Å². The quantitative estimate of drug-likeness (QED) is 0.644. The molecule has 0 atom stereocenters. The Morgan fingerprint density at radius 2 is 1.84 bits per heavy atom. The second-order valence-electron chi connectivity index (χ2n) is 4.37. The SMILES string of the molecule is O=C(CCCCBr)Nc1cccc2c(O)cccc12. The highest BCUT2D eigenvalue weighted by Crippen LogP contribution is 2.29. The van der Waals surface area contributed by atoms with Crippen molar-refractivity contribution in [2.24, 2.45) is 0 Å². The fraction of sp³-hybridized carbons (Fsp3) is 0.267. The highest BCUT2D eigenvalue weighted by atomic mass is 79.9. The lowest BCUT2D eigenvalue weighted by molar-refractivity contribution is -0.116. The number of benzene rings is 2. The minimum atomic E-state index is 0.0109. The average Bonchev–Trinajstić information content (AvgIpc) is 2.40. The highest BCUT2D eigenvalue weighted by molar-refractivity contribution is 9.09. The number of hydrogen-bond acceptors (Lipinski definition) is 2. The number of carbonyl (C=O) groups excluding carboxylic acids is 1. The number of unbranched alkanes of at least 4 members (excludes halogenated alkanes) is 1. The average molecular weight is 322 g/mol. The van der Waals surface area contributed by atoms with E-state index in [1.807, 2.05) is 24.3 Å². The van der Waals surface area contributed by atoms with Crippen LogP contribution in [0.25, 0.3) is 10.8 Å². The summed E-state index contributed by atoms with van der Waals surface area (Å²) in [6.45, 7) is 0. The van der Waals surface area contributed by atoms with Gasteiger partial charge in [0.05, 0.1) is 0 Å². The molecule has 0 saturated heterocycles. The van der Waals surface area contributed by atoms with Gasteiger partial charge >= 0.3 is 0 Å². The maximum atomic E-state index is 11.8. The number of fused-ring (bicyclic) bond motifs is 1. The van der Waals surface area contributed by atoms with Crippen LogP contribution in [-0.2, 0) is 4.79 Å². The standard InChI is InChI=1S/C15H16BrNO2/c16-10-2-1-9-15(19)17-13-7-3-6-12-11(13)5-4-8-14(12)18/h3-8,18H,1-2,9-10H2,(H,17,19). The van der Waals surface area contributed by atoms with Crippen LogP contribution in [0.15, 0.2) is 36.4 Å². The van der Waals surface area contributed by atoms with Crippen molar-refractivity contribution >= 4 is 38.3 Å². The zero-order valence-electron chi connectivity index (χ0n) is 10.5. The summed E-state index contributed by atoms with van der Waals surface area (Å²) in [6, 6.07) is 10.8. The number of halogens is 1. The first-order chi connectivity index (χ1) is 9.22. The van der Waals surface area contributed by atoms with Gasteiger partial charge in [-0.1, -0.05) is 40.2 Å². The number of phenolic OH excluding ortho intramolecular Hbond substituents is 1. The molecule has 2 aromatic carbocycles. The minimum Gasteiger partial charge on any atom is -0.507 e. The Hall–Kier alpha value is -1.55. The summed E-state index contributed by atoms with van der Waals surface area (Å²) in [5, 5.41) is 15.2. The molecule has 1 amide bonds. The second kappa shape index (κ2) is 6.57. The lowest BCUT2D eigenvalue weighted by Gasteiger charge is -2.09. The van der Waals surface area contributed by atoms with Crippen molar-refractivity contribution in [1.82, 2.24) is 0 Å². The van der Waals surface area contributed by atoms with Crippen LogP contribution in [0.3, 0.4) is 0 Å². The maximum absolute atomic E-state index is 11.8. The van der Waals surface area contributed by atoms with Gasteiger partial charge in [0, 0.05) is 28.2 Å². The molecule has 0 unspecified atom stereocenters. The summed E-state index contributed by atoms with van der Waals surface area (Å²) in [6.07, 6.45) is 2.37. The zero-order chi connectivity index (χ0) is 13.7. The van der Waals surface area contributed by atoms with Crippen molar-refractivity contribution in [2.75, 3.05) is 10.6 Å². The molecule has 100 valence electrons. The molecule has 0 fully saturated rings. The summed E-state index contributed by atoms with van der Waals surface area (Å²) in [4.78, 5) is 11.8. The maximum Gasteiger partial charge on any atom is 0.224 e. The Labute approximate surface area is 120 Å². The van der Waals surface area contributed by atoms with E-state index in [0.717, 1.165) is 34.6 Å². The van der Waals surface area contributed by atoms with Crippen LogP contribution in [0.4, 0.5) is 5.69 Å². The molecule has 4 heteroatoms. The van der Waals surface area contributed by atoms with Crippen LogP contribution in [0.5, 0.6) is 5.75 Å². The van der Waals surface area contributed by atoms with Gasteiger partial charge in [0.15, 0.2) is 0 Å². The normalized spacial score (nSPS) is 10.6. The third-order valence-corrected chi connectivity index (χ3v) is 3.52. The fourth-order valence-electron chi connectivity index (χ4n) is 2.00. The van der Waals surface area contributed by atoms with E-state index in [-0.39, 0.29) is 11.7 Å². The Balaban J connectivity index is 2.17. The summed E-state index contributed by atoms with van der Waals surface area (Å²) < 4.78 is 0. The van der Waals surface area contributed by atoms with Gasteiger partial charge in [0.25, 0.3) is 0 Å². The number of amides is 1. The largest absolute Gasteiger partial charge is 0.507 e. The molecule has 0 aliphatic carbocycles. The van der Waals surface area contributed by atoms with E-state index >= 15 is 0 Å². The molecular weight excluding hydrogens is 306 g/mol. The molecule has 0 aliphatic heterocycles. The van der Waals surface area contributed by atoms with Gasteiger partial charge in [0.1, 0.15) is 5.75 Å². The fourth-order valence-corrected chi connectivity index (χ4v) is 2.39.